The molecule has 0 bridgehead atoms. The van der Waals surface area contributed by atoms with Crippen molar-refractivity contribution in [3.63, 3.8) is 0 Å². The fraction of sp³-hybridized carbons (Fsp3) is 0.742. The minimum atomic E-state index is -3.47. The van der Waals surface area contributed by atoms with Crippen LogP contribution in [-0.4, -0.2) is 36.1 Å². The number of hydrogen-bond acceptors (Lipinski definition) is 4. The first-order chi connectivity index (χ1) is 17.2. The fourth-order valence-corrected chi connectivity index (χ4v) is 10.7. The molecule has 9 atom stereocenters. The summed E-state index contributed by atoms with van der Waals surface area (Å²) in [6.07, 6.45) is 13.4. The van der Waals surface area contributed by atoms with Crippen LogP contribution < -0.4 is 0 Å². The van der Waals surface area contributed by atoms with Crippen LogP contribution in [0.2, 0.25) is 0 Å². The summed E-state index contributed by atoms with van der Waals surface area (Å²) >= 11 is 0. The monoisotopic (exact) mass is 514 g/mol. The molecule has 2 N–H and O–H groups in total. The van der Waals surface area contributed by atoms with Crippen molar-refractivity contribution in [2.24, 2.45) is 35.0 Å². The molecule has 8 unspecified atom stereocenters. The topological polar surface area (TPSA) is 74.6 Å². The number of benzene rings is 1. The van der Waals surface area contributed by atoms with Crippen LogP contribution >= 0.6 is 0 Å². The second-order valence-corrected chi connectivity index (χ2v) is 14.9. The minimum absolute atomic E-state index is 0.139. The summed E-state index contributed by atoms with van der Waals surface area (Å²) in [6.45, 7) is 4.44. The van der Waals surface area contributed by atoms with Gasteiger partial charge in [0, 0.05) is 0 Å². The van der Waals surface area contributed by atoms with Crippen molar-refractivity contribution < 1.29 is 18.6 Å². The highest BCUT2D eigenvalue weighted by Crippen LogP contribution is 2.64. The molecule has 5 rings (SSSR count). The molecule has 36 heavy (non-hydrogen) atoms. The number of sulfone groups is 1. The zero-order chi connectivity index (χ0) is 25.5. The average molecular weight is 515 g/mol. The van der Waals surface area contributed by atoms with E-state index < -0.39 is 21.2 Å². The predicted octanol–water partition coefficient (Wildman–Crippen LogP) is 6.32. The standard InChI is InChI=1S/C31H46O4S/c1-3-23(32)20-26(36(34,35)25-7-5-4-6-8-25)13-10-22-11-16-30-29-14-9-21-19-24(33)12-15-27(21)28(29)17-18-31(22,30)2/h4-9,22-24,26-30,32-33H,3,10-20H2,1-2H3/t22-,23?,24?,26?,27?,28?,29?,30?,31?/m0/s1. The van der Waals surface area contributed by atoms with Gasteiger partial charge in [-0.3, -0.25) is 0 Å². The number of aliphatic hydroxyl groups is 2. The molecule has 3 saturated carbocycles. The van der Waals surface area contributed by atoms with Gasteiger partial charge in [0.2, 0.25) is 0 Å². The minimum Gasteiger partial charge on any atom is -0.393 e. The van der Waals surface area contributed by atoms with Crippen LogP contribution in [0.25, 0.3) is 0 Å². The van der Waals surface area contributed by atoms with E-state index in [0.717, 1.165) is 43.4 Å². The van der Waals surface area contributed by atoms with Crippen molar-refractivity contribution in [3.8, 4) is 0 Å². The Balaban J connectivity index is 1.30. The fourth-order valence-electron chi connectivity index (χ4n) is 8.89. The summed E-state index contributed by atoms with van der Waals surface area (Å²) in [4.78, 5) is 0.386. The van der Waals surface area contributed by atoms with Crippen LogP contribution in [0.3, 0.4) is 0 Å². The molecule has 0 aliphatic heterocycles. The molecule has 0 aromatic heterocycles. The molecular formula is C31H46O4S. The maximum absolute atomic E-state index is 13.6. The van der Waals surface area contributed by atoms with Gasteiger partial charge in [0.25, 0.3) is 0 Å². The van der Waals surface area contributed by atoms with E-state index in [-0.39, 0.29) is 6.10 Å². The normalized spacial score (nSPS) is 37.8. The van der Waals surface area contributed by atoms with E-state index in [1.807, 2.05) is 13.0 Å². The quantitative estimate of drug-likeness (QED) is 0.398. The van der Waals surface area contributed by atoms with E-state index in [1.165, 1.54) is 37.7 Å². The van der Waals surface area contributed by atoms with E-state index in [1.54, 1.807) is 24.3 Å². The molecule has 1 aromatic rings. The van der Waals surface area contributed by atoms with Crippen molar-refractivity contribution in [2.45, 2.75) is 113 Å². The van der Waals surface area contributed by atoms with E-state index in [0.29, 0.717) is 41.4 Å². The Morgan fingerprint density at radius 2 is 1.83 bits per heavy atom. The molecule has 4 nitrogen and oxygen atoms in total. The third-order valence-corrected chi connectivity index (χ3v) is 13.2. The van der Waals surface area contributed by atoms with Crippen molar-refractivity contribution in [3.05, 3.63) is 42.0 Å². The summed E-state index contributed by atoms with van der Waals surface area (Å²) < 4.78 is 27.1. The van der Waals surface area contributed by atoms with Crippen LogP contribution in [0.5, 0.6) is 0 Å². The molecule has 0 saturated heterocycles. The highest BCUT2D eigenvalue weighted by molar-refractivity contribution is 7.92. The van der Waals surface area contributed by atoms with Crippen LogP contribution in [0.4, 0.5) is 0 Å². The third-order valence-electron chi connectivity index (χ3n) is 11.0. The Hall–Kier alpha value is -1.17. The lowest BCUT2D eigenvalue weighted by atomic mass is 9.51. The number of fused-ring (bicyclic) bond motifs is 5. The Bertz CT molecular complexity index is 1030. The molecular weight excluding hydrogens is 468 g/mol. The lowest BCUT2D eigenvalue weighted by Gasteiger charge is -2.54. The maximum Gasteiger partial charge on any atom is 0.181 e. The molecule has 4 aliphatic carbocycles. The molecule has 3 fully saturated rings. The average Bonchev–Trinajstić information content (AvgIpc) is 3.22. The summed E-state index contributed by atoms with van der Waals surface area (Å²) in [6, 6.07) is 8.83. The van der Waals surface area contributed by atoms with Crippen molar-refractivity contribution in [2.75, 3.05) is 0 Å². The molecule has 4 aliphatic rings. The van der Waals surface area contributed by atoms with Crippen LogP contribution in [0.1, 0.15) is 90.9 Å². The second kappa shape index (κ2) is 10.5. The molecule has 0 radical (unpaired) electrons. The Labute approximate surface area is 218 Å². The summed E-state index contributed by atoms with van der Waals surface area (Å²) in [5, 5.41) is 20.1. The third kappa shape index (κ3) is 4.85. The first-order valence-corrected chi connectivity index (χ1v) is 16.1. The van der Waals surface area contributed by atoms with Gasteiger partial charge in [-0.25, -0.2) is 8.42 Å². The Kier molecular flexibility index (Phi) is 7.74. The van der Waals surface area contributed by atoms with E-state index in [2.05, 4.69) is 13.0 Å². The molecule has 200 valence electrons. The SMILES string of the molecule is CCC(O)CC(CC[C@H]1CCC2C3CC=C4CC(O)CCC4C3CCC21C)S(=O)(=O)c1ccccc1. The predicted molar refractivity (Wildman–Crippen MR) is 144 cm³/mol. The molecule has 0 heterocycles. The number of aliphatic hydroxyl groups excluding tert-OH is 2. The Morgan fingerprint density at radius 3 is 2.58 bits per heavy atom. The number of allylic oxidation sites excluding steroid dienone is 1. The van der Waals surface area contributed by atoms with Gasteiger partial charge in [-0.2, -0.15) is 0 Å². The maximum atomic E-state index is 13.6. The van der Waals surface area contributed by atoms with Gasteiger partial charge in [0.15, 0.2) is 9.84 Å². The molecule has 1 aromatic carbocycles. The molecule has 0 spiro atoms. The van der Waals surface area contributed by atoms with Crippen molar-refractivity contribution in [1.82, 2.24) is 0 Å². The lowest BCUT2D eigenvalue weighted by molar-refractivity contribution is -0.0200. The van der Waals surface area contributed by atoms with Crippen molar-refractivity contribution >= 4 is 9.84 Å². The van der Waals surface area contributed by atoms with Crippen LogP contribution in [-0.2, 0) is 9.84 Å². The summed E-state index contributed by atoms with van der Waals surface area (Å²) in [5.74, 6) is 3.51. The lowest BCUT2D eigenvalue weighted by Crippen LogP contribution is -2.46. The zero-order valence-corrected chi connectivity index (χ0v) is 23.0. The first-order valence-electron chi connectivity index (χ1n) is 14.6. The first kappa shape index (κ1) is 26.4. The van der Waals surface area contributed by atoms with Gasteiger partial charge in [0.05, 0.1) is 22.4 Å². The van der Waals surface area contributed by atoms with Gasteiger partial charge in [-0.1, -0.05) is 43.7 Å². The van der Waals surface area contributed by atoms with Crippen LogP contribution in [0, 0.1) is 35.0 Å². The van der Waals surface area contributed by atoms with Crippen molar-refractivity contribution in [1.29, 1.82) is 0 Å². The summed E-state index contributed by atoms with van der Waals surface area (Å²) in [5.41, 5.74) is 1.84. The van der Waals surface area contributed by atoms with Gasteiger partial charge >= 0.3 is 0 Å². The highest BCUT2D eigenvalue weighted by atomic mass is 32.2. The Morgan fingerprint density at radius 1 is 1.06 bits per heavy atom. The largest absolute Gasteiger partial charge is 0.393 e. The van der Waals surface area contributed by atoms with Gasteiger partial charge in [-0.05, 0) is 124 Å². The van der Waals surface area contributed by atoms with Crippen LogP contribution in [0.15, 0.2) is 46.9 Å². The number of hydrogen-bond donors (Lipinski definition) is 2. The summed E-state index contributed by atoms with van der Waals surface area (Å²) in [7, 11) is -3.47. The second-order valence-electron chi connectivity index (χ2n) is 12.7. The molecule has 5 heteroatoms. The van der Waals surface area contributed by atoms with Gasteiger partial charge < -0.3 is 10.2 Å². The van der Waals surface area contributed by atoms with Gasteiger partial charge in [-0.15, -0.1) is 0 Å². The number of rotatable bonds is 8. The molecule has 0 amide bonds. The van der Waals surface area contributed by atoms with E-state index >= 15 is 0 Å². The highest BCUT2D eigenvalue weighted by Gasteiger charge is 2.55. The smallest absolute Gasteiger partial charge is 0.181 e. The van der Waals surface area contributed by atoms with Gasteiger partial charge in [0.1, 0.15) is 0 Å². The van der Waals surface area contributed by atoms with E-state index in [9.17, 15) is 18.6 Å². The van der Waals surface area contributed by atoms with E-state index in [4.69, 9.17) is 0 Å². The zero-order valence-electron chi connectivity index (χ0n) is 22.2.